The minimum absolute atomic E-state index is 0.0671. The zero-order valence-electron chi connectivity index (χ0n) is 14.1. The molecule has 2 rings (SSSR count). The van der Waals surface area contributed by atoms with Gasteiger partial charge >= 0.3 is 5.97 Å². The summed E-state index contributed by atoms with van der Waals surface area (Å²) in [6.45, 7) is 4.19. The van der Waals surface area contributed by atoms with Crippen LogP contribution >= 0.6 is 0 Å². The summed E-state index contributed by atoms with van der Waals surface area (Å²) in [5.41, 5.74) is 1.03. The number of aryl methyl sites for hydroxylation is 1. The molecule has 2 aromatic rings. The highest BCUT2D eigenvalue weighted by molar-refractivity contribution is 5.97. The zero-order chi connectivity index (χ0) is 18.4. The summed E-state index contributed by atoms with van der Waals surface area (Å²) < 4.78 is 14.9. The van der Waals surface area contributed by atoms with Crippen LogP contribution in [0.3, 0.4) is 0 Å². The lowest BCUT2D eigenvalue weighted by molar-refractivity contribution is -0.155. The predicted molar refractivity (Wildman–Crippen MR) is 87.4 cm³/mol. The predicted octanol–water partition coefficient (Wildman–Crippen LogP) is 2.13. The highest BCUT2D eigenvalue weighted by Crippen LogP contribution is 2.12. The average Bonchev–Trinajstić information content (AvgIpc) is 2.99. The summed E-state index contributed by atoms with van der Waals surface area (Å²) in [6.07, 6.45) is -1.01. The molecule has 1 aromatic heterocycles. The largest absolute Gasteiger partial charge is 0.463 e. The average molecular weight is 346 g/mol. The van der Waals surface area contributed by atoms with E-state index in [4.69, 9.17) is 14.0 Å². The number of carbonyl (C=O) groups excluding carboxylic acids is 3. The number of nitrogens with zero attached hydrogens (tertiary/aromatic N) is 1. The third-order valence-electron chi connectivity index (χ3n) is 3.18. The van der Waals surface area contributed by atoms with Crippen molar-refractivity contribution in [3.8, 4) is 5.88 Å². The molecule has 0 aliphatic carbocycles. The van der Waals surface area contributed by atoms with E-state index in [9.17, 15) is 14.4 Å². The Kier molecular flexibility index (Phi) is 5.89. The van der Waals surface area contributed by atoms with E-state index in [1.54, 1.807) is 31.2 Å². The number of carbonyl (C=O) groups is 3. The van der Waals surface area contributed by atoms with E-state index >= 15 is 0 Å². The van der Waals surface area contributed by atoms with Crippen LogP contribution in [0.5, 0.6) is 5.88 Å². The second-order valence-corrected chi connectivity index (χ2v) is 5.32. The van der Waals surface area contributed by atoms with Crippen molar-refractivity contribution >= 4 is 23.3 Å². The topological polar surface area (TPSA) is 108 Å². The molecule has 0 saturated carbocycles. The first-order chi connectivity index (χ1) is 11.8. The number of ketones is 1. The molecule has 25 heavy (non-hydrogen) atoms. The number of amides is 1. The van der Waals surface area contributed by atoms with Crippen molar-refractivity contribution in [1.82, 2.24) is 5.16 Å². The summed E-state index contributed by atoms with van der Waals surface area (Å²) in [5, 5.41) is 6.16. The van der Waals surface area contributed by atoms with Gasteiger partial charge in [0.2, 0.25) is 0 Å². The van der Waals surface area contributed by atoms with Crippen LogP contribution < -0.4 is 10.1 Å². The Morgan fingerprint density at radius 2 is 1.92 bits per heavy atom. The van der Waals surface area contributed by atoms with Gasteiger partial charge in [-0.2, -0.15) is 0 Å². The van der Waals surface area contributed by atoms with Crippen molar-refractivity contribution in [2.24, 2.45) is 0 Å². The van der Waals surface area contributed by atoms with Gasteiger partial charge in [-0.3, -0.25) is 9.59 Å². The molecule has 1 N–H and O–H groups in total. The molecule has 1 heterocycles. The van der Waals surface area contributed by atoms with Crippen molar-refractivity contribution in [3.05, 3.63) is 41.7 Å². The Bertz CT molecular complexity index is 766. The van der Waals surface area contributed by atoms with E-state index in [-0.39, 0.29) is 11.7 Å². The van der Waals surface area contributed by atoms with Gasteiger partial charge in [0.25, 0.3) is 11.8 Å². The molecule has 0 aliphatic heterocycles. The Morgan fingerprint density at radius 3 is 2.48 bits per heavy atom. The molecule has 0 radical (unpaired) electrons. The fraction of sp³-hybridized carbons (Fsp3) is 0.294. The van der Waals surface area contributed by atoms with E-state index in [0.29, 0.717) is 17.0 Å². The minimum atomic E-state index is -1.01. The van der Waals surface area contributed by atoms with Crippen LogP contribution in [-0.2, 0) is 14.3 Å². The summed E-state index contributed by atoms with van der Waals surface area (Å²) in [5.74, 6) is -0.567. The molecule has 1 atom stereocenters. The Morgan fingerprint density at radius 1 is 1.24 bits per heavy atom. The van der Waals surface area contributed by atoms with Crippen LogP contribution in [-0.4, -0.2) is 35.5 Å². The molecule has 132 valence electrons. The number of hydrogen-bond donors (Lipinski definition) is 1. The van der Waals surface area contributed by atoms with Gasteiger partial charge in [0.05, 0.1) is 0 Å². The summed E-state index contributed by atoms with van der Waals surface area (Å²) in [4.78, 5) is 34.9. The van der Waals surface area contributed by atoms with E-state index < -0.39 is 24.6 Å². The summed E-state index contributed by atoms with van der Waals surface area (Å²) >= 11 is 0. The highest BCUT2D eigenvalue weighted by atomic mass is 16.6. The number of ether oxygens (including phenoxy) is 2. The van der Waals surface area contributed by atoms with Gasteiger partial charge in [-0.15, -0.1) is 0 Å². The van der Waals surface area contributed by atoms with Crippen molar-refractivity contribution < 1.29 is 28.4 Å². The van der Waals surface area contributed by atoms with Gasteiger partial charge in [0.1, 0.15) is 5.76 Å². The zero-order valence-corrected chi connectivity index (χ0v) is 14.1. The molecule has 0 fully saturated rings. The monoisotopic (exact) mass is 346 g/mol. The third-order valence-corrected chi connectivity index (χ3v) is 3.18. The van der Waals surface area contributed by atoms with Crippen molar-refractivity contribution in [1.29, 1.82) is 0 Å². The molecular weight excluding hydrogens is 328 g/mol. The Balaban J connectivity index is 1.80. The molecule has 8 nitrogen and oxygen atoms in total. The molecule has 0 bridgehead atoms. The minimum Gasteiger partial charge on any atom is -0.463 e. The molecule has 0 saturated heterocycles. The van der Waals surface area contributed by atoms with E-state index in [0.717, 1.165) is 0 Å². The van der Waals surface area contributed by atoms with Crippen LogP contribution in [0, 0.1) is 6.92 Å². The van der Waals surface area contributed by atoms with E-state index in [2.05, 4.69) is 10.5 Å². The van der Waals surface area contributed by atoms with E-state index in [1.807, 2.05) is 0 Å². The number of esters is 1. The number of hydrogen-bond acceptors (Lipinski definition) is 7. The number of Topliss-reactive ketones (excluding diaryl/α,β-unsaturated/α-hetero) is 1. The van der Waals surface area contributed by atoms with Crippen LogP contribution in [0.4, 0.5) is 5.69 Å². The Labute approximate surface area is 144 Å². The first kappa shape index (κ1) is 18.2. The number of rotatable bonds is 7. The van der Waals surface area contributed by atoms with Gasteiger partial charge in [0, 0.05) is 17.3 Å². The van der Waals surface area contributed by atoms with Gasteiger partial charge in [-0.05, 0) is 50.2 Å². The maximum Gasteiger partial charge on any atom is 0.345 e. The van der Waals surface area contributed by atoms with Crippen molar-refractivity contribution in [3.63, 3.8) is 0 Å². The van der Waals surface area contributed by atoms with Crippen LogP contribution in [0.25, 0.3) is 0 Å². The molecule has 1 amide bonds. The fourth-order valence-electron chi connectivity index (χ4n) is 1.86. The maximum absolute atomic E-state index is 12.0. The molecule has 8 heteroatoms. The Hall–Kier alpha value is -3.16. The molecule has 1 aromatic carbocycles. The normalized spacial score (nSPS) is 11.5. The summed E-state index contributed by atoms with van der Waals surface area (Å²) in [7, 11) is 0. The highest BCUT2D eigenvalue weighted by Gasteiger charge is 2.18. The SMILES string of the molecule is CC(=O)c1ccc(NC(=O)[C@H](C)OC(=O)COc2cc(C)on2)cc1. The van der Waals surface area contributed by atoms with Gasteiger partial charge in [0.15, 0.2) is 18.5 Å². The standard InChI is InChI=1S/C17H18N2O6/c1-10-8-15(19-25-10)23-9-16(21)24-12(3)17(22)18-14-6-4-13(5-7-14)11(2)20/h4-8,12H,9H2,1-3H3,(H,18,22)/t12-/m0/s1. The van der Waals surface area contributed by atoms with Crippen LogP contribution in [0.1, 0.15) is 30.0 Å². The summed E-state index contributed by atoms with van der Waals surface area (Å²) in [6, 6.07) is 7.91. The number of nitrogens with one attached hydrogen (secondary N) is 1. The molecule has 0 aliphatic rings. The van der Waals surface area contributed by atoms with Crippen LogP contribution in [0.2, 0.25) is 0 Å². The fourth-order valence-corrected chi connectivity index (χ4v) is 1.86. The number of benzene rings is 1. The lowest BCUT2D eigenvalue weighted by Crippen LogP contribution is -2.31. The van der Waals surface area contributed by atoms with Gasteiger partial charge < -0.3 is 19.3 Å². The second kappa shape index (κ2) is 8.09. The third kappa shape index (κ3) is 5.45. The van der Waals surface area contributed by atoms with Crippen molar-refractivity contribution in [2.75, 3.05) is 11.9 Å². The van der Waals surface area contributed by atoms with Crippen molar-refractivity contribution in [2.45, 2.75) is 26.9 Å². The van der Waals surface area contributed by atoms with E-state index in [1.165, 1.54) is 19.9 Å². The molecular formula is C17H18N2O6. The molecule has 0 spiro atoms. The second-order valence-electron chi connectivity index (χ2n) is 5.32. The molecule has 0 unspecified atom stereocenters. The first-order valence-corrected chi connectivity index (χ1v) is 7.52. The number of anilines is 1. The first-order valence-electron chi connectivity index (χ1n) is 7.52. The lowest BCUT2D eigenvalue weighted by Gasteiger charge is -2.13. The quantitative estimate of drug-likeness (QED) is 0.604. The maximum atomic E-state index is 12.0. The van der Waals surface area contributed by atoms with Gasteiger partial charge in [-0.1, -0.05) is 0 Å². The van der Waals surface area contributed by atoms with Gasteiger partial charge in [-0.25, -0.2) is 4.79 Å². The number of aromatic nitrogens is 1. The smallest absolute Gasteiger partial charge is 0.345 e. The van der Waals surface area contributed by atoms with Crippen LogP contribution in [0.15, 0.2) is 34.9 Å². The lowest BCUT2D eigenvalue weighted by atomic mass is 10.1.